The summed E-state index contributed by atoms with van der Waals surface area (Å²) >= 11 is 0.824. The molecule has 0 aliphatic carbocycles. The van der Waals surface area contributed by atoms with Gasteiger partial charge in [-0.25, -0.2) is 14.8 Å². The molecule has 4 rings (SSSR count). The van der Waals surface area contributed by atoms with Crippen LogP contribution in [0, 0.1) is 5.92 Å². The van der Waals surface area contributed by atoms with E-state index >= 15 is 0 Å². The molecule has 14 heteroatoms. The van der Waals surface area contributed by atoms with E-state index in [0.29, 0.717) is 28.8 Å². The molecule has 4 N–H and O–H groups in total. The van der Waals surface area contributed by atoms with Crippen LogP contribution in [0.1, 0.15) is 38.4 Å². The zero-order chi connectivity index (χ0) is 26.7. The van der Waals surface area contributed by atoms with E-state index in [0.717, 1.165) is 16.7 Å². The molecule has 0 saturated carbocycles. The first-order valence-electron chi connectivity index (χ1n) is 11.2. The molecule has 4 aromatic heterocycles. The molecule has 4 aromatic rings. The van der Waals surface area contributed by atoms with Gasteiger partial charge in [-0.3, -0.25) is 10.3 Å². The molecule has 0 aromatic carbocycles. The molecule has 0 bridgehead atoms. The minimum atomic E-state index is -4.60. The third-order valence-corrected chi connectivity index (χ3v) is 6.12. The molecule has 1 atom stereocenters. The van der Waals surface area contributed by atoms with Gasteiger partial charge >= 0.3 is 12.2 Å². The monoisotopic (exact) mass is 532 g/mol. The van der Waals surface area contributed by atoms with Gasteiger partial charge < -0.3 is 15.5 Å². The number of nitrogens with zero attached hydrogens (tertiary/aromatic N) is 5. The van der Waals surface area contributed by atoms with Gasteiger partial charge in [-0.15, -0.1) is 21.5 Å². The number of carbonyl (C=O) groups is 1. The molecule has 2 amide bonds. The number of rotatable bonds is 7. The fraction of sp³-hybridized carbons (Fsp3) is 0.304. The third-order valence-electron chi connectivity index (χ3n) is 5.25. The van der Waals surface area contributed by atoms with E-state index in [-0.39, 0.29) is 28.5 Å². The number of hydrogen-bond donors (Lipinski definition) is 3. The first kappa shape index (κ1) is 26.2. The molecular weight excluding hydrogens is 509 g/mol. The van der Waals surface area contributed by atoms with Gasteiger partial charge in [0, 0.05) is 47.2 Å². The lowest BCUT2D eigenvalue weighted by atomic mass is 10.0. The van der Waals surface area contributed by atoms with Gasteiger partial charge in [-0.05, 0) is 25.0 Å². The van der Waals surface area contributed by atoms with Crippen molar-refractivity contribution in [3.63, 3.8) is 0 Å². The number of amides is 2. The van der Waals surface area contributed by atoms with Crippen LogP contribution in [0.3, 0.4) is 0 Å². The quantitative estimate of drug-likeness (QED) is 0.297. The number of urea groups is 1. The van der Waals surface area contributed by atoms with Crippen molar-refractivity contribution in [1.29, 1.82) is 0 Å². The molecule has 10 nitrogen and oxygen atoms in total. The van der Waals surface area contributed by atoms with E-state index in [1.54, 1.807) is 13.0 Å². The Morgan fingerprint density at radius 3 is 2.57 bits per heavy atom. The predicted octanol–water partition coefficient (Wildman–Crippen LogP) is 5.13. The van der Waals surface area contributed by atoms with Crippen LogP contribution < -0.4 is 16.4 Å². The molecule has 0 spiro atoms. The van der Waals surface area contributed by atoms with Crippen LogP contribution in [0.2, 0.25) is 0 Å². The maximum absolute atomic E-state index is 13.3. The Bertz CT molecular complexity index is 1400. The van der Waals surface area contributed by atoms with Crippen LogP contribution in [0.15, 0.2) is 40.5 Å². The van der Waals surface area contributed by atoms with E-state index in [2.05, 4.69) is 35.8 Å². The van der Waals surface area contributed by atoms with Crippen molar-refractivity contribution >= 4 is 23.2 Å². The minimum absolute atomic E-state index is 0.0813. The molecule has 0 aliphatic heterocycles. The smallest absolute Gasteiger partial charge is 0.419 e. The maximum Gasteiger partial charge on any atom is 0.434 e. The zero-order valence-corrected chi connectivity index (χ0v) is 20.8. The Hall–Kier alpha value is -3.91. The van der Waals surface area contributed by atoms with Gasteiger partial charge in [0.1, 0.15) is 10.8 Å². The van der Waals surface area contributed by atoms with Crippen molar-refractivity contribution in [3.8, 4) is 33.2 Å². The highest BCUT2D eigenvalue weighted by molar-refractivity contribution is 7.13. The predicted molar refractivity (Wildman–Crippen MR) is 131 cm³/mol. The van der Waals surface area contributed by atoms with Crippen LogP contribution in [-0.2, 0) is 6.18 Å². The largest absolute Gasteiger partial charge is 0.434 e. The Morgan fingerprint density at radius 2 is 1.89 bits per heavy atom. The second-order valence-corrected chi connectivity index (χ2v) is 9.17. The zero-order valence-electron chi connectivity index (χ0n) is 20.0. The Balaban J connectivity index is 1.77. The minimum Gasteiger partial charge on any atom is -0.419 e. The van der Waals surface area contributed by atoms with Crippen LogP contribution in [0.4, 0.5) is 23.8 Å². The summed E-state index contributed by atoms with van der Waals surface area (Å²) in [5.74, 6) is 0.693. The summed E-state index contributed by atoms with van der Waals surface area (Å²) in [5, 5.41) is 14.2. The number of nitrogens with two attached hydrogens (primary N) is 1. The second kappa shape index (κ2) is 10.6. The normalized spacial score (nSPS) is 12.5. The van der Waals surface area contributed by atoms with Crippen molar-refractivity contribution in [2.75, 3.05) is 11.9 Å². The van der Waals surface area contributed by atoms with Crippen LogP contribution in [0.25, 0.3) is 33.2 Å². The highest BCUT2D eigenvalue weighted by Crippen LogP contribution is 2.39. The van der Waals surface area contributed by atoms with Crippen molar-refractivity contribution in [2.24, 2.45) is 11.7 Å². The fourth-order valence-electron chi connectivity index (χ4n) is 3.25. The highest BCUT2D eigenvalue weighted by atomic mass is 32.1. The lowest BCUT2D eigenvalue weighted by Gasteiger charge is -2.11. The topological polar surface area (TPSA) is 145 Å². The van der Waals surface area contributed by atoms with E-state index in [1.807, 2.05) is 13.8 Å². The Kier molecular flexibility index (Phi) is 7.50. The van der Waals surface area contributed by atoms with Crippen molar-refractivity contribution < 1.29 is 22.4 Å². The highest BCUT2D eigenvalue weighted by Gasteiger charge is 2.34. The summed E-state index contributed by atoms with van der Waals surface area (Å²) in [6, 6.07) is 2.22. The number of anilines is 1. The number of pyridine rings is 2. The van der Waals surface area contributed by atoms with Gasteiger partial charge in [-0.1, -0.05) is 13.8 Å². The number of aromatic nitrogens is 5. The summed E-state index contributed by atoms with van der Waals surface area (Å²) in [6.07, 6.45) is -0.125. The lowest BCUT2D eigenvalue weighted by molar-refractivity contribution is -0.140. The average molecular weight is 533 g/mol. The van der Waals surface area contributed by atoms with Crippen LogP contribution in [-0.4, -0.2) is 37.7 Å². The summed E-state index contributed by atoms with van der Waals surface area (Å²) in [5.41, 5.74) is 6.85. The van der Waals surface area contributed by atoms with Gasteiger partial charge in [0.25, 0.3) is 0 Å². The van der Waals surface area contributed by atoms with Gasteiger partial charge in [-0.2, -0.15) is 13.2 Å². The van der Waals surface area contributed by atoms with Gasteiger partial charge in [0.05, 0.1) is 11.6 Å². The maximum atomic E-state index is 13.3. The fourth-order valence-corrected chi connectivity index (χ4v) is 4.11. The molecule has 194 valence electrons. The van der Waals surface area contributed by atoms with E-state index < -0.39 is 23.9 Å². The van der Waals surface area contributed by atoms with E-state index in [1.165, 1.54) is 24.7 Å². The lowest BCUT2D eigenvalue weighted by Crippen LogP contribution is -2.28. The number of thiazole rings is 1. The number of halogens is 3. The molecule has 0 fully saturated rings. The molecule has 0 unspecified atom stereocenters. The average Bonchev–Trinajstić information content (AvgIpc) is 3.54. The summed E-state index contributed by atoms with van der Waals surface area (Å²) in [6.45, 7) is 5.99. The first-order chi connectivity index (χ1) is 17.6. The van der Waals surface area contributed by atoms with E-state index in [9.17, 15) is 18.0 Å². The molecule has 0 aliphatic rings. The van der Waals surface area contributed by atoms with Gasteiger partial charge in [0.15, 0.2) is 5.69 Å². The third kappa shape index (κ3) is 5.91. The second-order valence-electron chi connectivity index (χ2n) is 8.31. The number of hydrogen-bond acceptors (Lipinski definition) is 9. The van der Waals surface area contributed by atoms with Gasteiger partial charge in [0.2, 0.25) is 11.8 Å². The Labute approximate surface area is 213 Å². The SMILES string of the molecule is CCNC(=O)Nc1cc(-c2nc(C(F)(F)F)cs2)c(-c2cncc(-c3nnc([C@@H](N)C(C)C)o3)c2)cn1. The summed E-state index contributed by atoms with van der Waals surface area (Å²) in [7, 11) is 0. The molecule has 0 radical (unpaired) electrons. The van der Waals surface area contributed by atoms with Crippen LogP contribution >= 0.6 is 11.3 Å². The van der Waals surface area contributed by atoms with Crippen molar-refractivity contribution in [3.05, 3.63) is 47.7 Å². The first-order valence-corrected chi connectivity index (χ1v) is 12.1. The standard InChI is InChI=1S/C23H23F3N8O2S/c1-4-29-22(35)32-17-6-14(21-31-16(10-37-21)23(24,25)26)15(9-30-17)12-5-13(8-28-7-12)19-33-34-20(36-19)18(27)11(2)3/h5-11,18H,4,27H2,1-3H3,(H2,29,30,32,35)/t18-/m0/s1. The molecule has 0 saturated heterocycles. The molecule has 4 heterocycles. The van der Waals surface area contributed by atoms with E-state index in [4.69, 9.17) is 10.2 Å². The van der Waals surface area contributed by atoms with Crippen LogP contribution in [0.5, 0.6) is 0 Å². The van der Waals surface area contributed by atoms with Crippen molar-refractivity contribution in [2.45, 2.75) is 33.0 Å². The summed E-state index contributed by atoms with van der Waals surface area (Å²) in [4.78, 5) is 24.2. The Morgan fingerprint density at radius 1 is 1.14 bits per heavy atom. The molecular formula is C23H23F3N8O2S. The number of carbonyl (C=O) groups excluding carboxylic acids is 1. The number of nitrogens with one attached hydrogen (secondary N) is 2. The van der Waals surface area contributed by atoms with Crippen molar-refractivity contribution in [1.82, 2.24) is 30.5 Å². The number of alkyl halides is 3. The summed E-state index contributed by atoms with van der Waals surface area (Å²) < 4.78 is 45.5. The molecule has 37 heavy (non-hydrogen) atoms.